The Kier molecular flexibility index (Phi) is 4.24. The van der Waals surface area contributed by atoms with Gasteiger partial charge in [0.15, 0.2) is 0 Å². The zero-order valence-corrected chi connectivity index (χ0v) is 9.43. The minimum atomic E-state index is -0.522. The maximum Gasteiger partial charge on any atom is 0.316 e. The van der Waals surface area contributed by atoms with E-state index < -0.39 is 11.9 Å². The predicted octanol–water partition coefficient (Wildman–Crippen LogP) is -0.507. The second-order valence-electron chi connectivity index (χ2n) is 3.81. The van der Waals surface area contributed by atoms with Crippen LogP contribution in [-0.4, -0.2) is 28.7 Å². The first-order chi connectivity index (χ1) is 7.54. The molecule has 0 saturated heterocycles. The van der Waals surface area contributed by atoms with Crippen molar-refractivity contribution in [3.05, 3.63) is 5.89 Å². The van der Waals surface area contributed by atoms with Gasteiger partial charge in [0, 0.05) is 13.0 Å². The van der Waals surface area contributed by atoms with Gasteiger partial charge in [-0.3, -0.25) is 4.79 Å². The molecule has 1 atom stereocenters. The summed E-state index contributed by atoms with van der Waals surface area (Å²) in [6, 6.07) is -0.327. The molecule has 0 aliphatic rings. The Morgan fingerprint density at radius 2 is 2.19 bits per heavy atom. The van der Waals surface area contributed by atoms with E-state index in [0.29, 0.717) is 18.9 Å². The molecule has 7 nitrogen and oxygen atoms in total. The third-order valence-electron chi connectivity index (χ3n) is 2.08. The van der Waals surface area contributed by atoms with E-state index in [1.165, 1.54) is 0 Å². The Hall–Kier alpha value is -1.63. The smallest absolute Gasteiger partial charge is 0.316 e. The number of nitrogens with zero attached hydrogens (tertiary/aromatic N) is 2. The summed E-state index contributed by atoms with van der Waals surface area (Å²) in [4.78, 5) is 11.1. The van der Waals surface area contributed by atoms with Gasteiger partial charge in [0.05, 0.1) is 0 Å². The summed E-state index contributed by atoms with van der Waals surface area (Å²) in [6.45, 7) is 4.18. The lowest BCUT2D eigenvalue weighted by Crippen LogP contribution is -2.39. The number of amides is 1. The quantitative estimate of drug-likeness (QED) is 0.602. The number of nitrogens with one attached hydrogen (secondary N) is 1. The average Bonchev–Trinajstić information content (AvgIpc) is 2.61. The highest BCUT2D eigenvalue weighted by atomic mass is 16.4. The van der Waals surface area contributed by atoms with E-state index in [1.54, 1.807) is 0 Å². The molecule has 1 heterocycles. The minimum Gasteiger partial charge on any atom is -0.408 e. The van der Waals surface area contributed by atoms with Crippen LogP contribution in [0.25, 0.3) is 0 Å². The molecular weight excluding hydrogens is 210 g/mol. The van der Waals surface area contributed by atoms with Crippen molar-refractivity contribution in [3.63, 3.8) is 0 Å². The summed E-state index contributed by atoms with van der Waals surface area (Å²) in [7, 11) is 0. The van der Waals surface area contributed by atoms with Crippen LogP contribution in [0.2, 0.25) is 0 Å². The van der Waals surface area contributed by atoms with Crippen molar-refractivity contribution in [3.8, 4) is 0 Å². The highest BCUT2D eigenvalue weighted by molar-refractivity contribution is 5.82. The van der Waals surface area contributed by atoms with Crippen molar-refractivity contribution >= 4 is 11.9 Å². The largest absolute Gasteiger partial charge is 0.408 e. The Bertz CT molecular complexity index is 349. The van der Waals surface area contributed by atoms with Crippen LogP contribution in [0.3, 0.4) is 0 Å². The van der Waals surface area contributed by atoms with Gasteiger partial charge in [-0.15, -0.1) is 5.10 Å². The lowest BCUT2D eigenvalue weighted by molar-refractivity contribution is -0.119. The molecule has 7 heteroatoms. The lowest BCUT2D eigenvalue weighted by Gasteiger charge is -2.16. The number of rotatable bonds is 6. The van der Waals surface area contributed by atoms with Crippen LogP contribution in [0.5, 0.6) is 0 Å². The highest BCUT2D eigenvalue weighted by Crippen LogP contribution is 2.11. The van der Waals surface area contributed by atoms with Crippen LogP contribution >= 0.6 is 0 Å². The molecular formula is C9H17N5O2. The summed E-state index contributed by atoms with van der Waals surface area (Å²) in [6.07, 6.45) is 0.512. The fourth-order valence-corrected chi connectivity index (χ4v) is 1.24. The number of carbonyl (C=O) groups is 1. The molecule has 0 spiro atoms. The standard InChI is InChI=1S/C9H17N5O2/c1-5(2)7(8(11)15)12-9-14-13-6(16-9)3-4-10/h5,7H,3-4,10H2,1-2H3,(H2,11,15)(H,12,14). The van der Waals surface area contributed by atoms with Crippen LogP contribution in [0.4, 0.5) is 6.01 Å². The van der Waals surface area contributed by atoms with Crippen LogP contribution in [-0.2, 0) is 11.2 Å². The van der Waals surface area contributed by atoms with E-state index in [0.717, 1.165) is 0 Å². The zero-order chi connectivity index (χ0) is 12.1. The first-order valence-corrected chi connectivity index (χ1v) is 5.13. The third-order valence-corrected chi connectivity index (χ3v) is 2.08. The number of aromatic nitrogens is 2. The molecule has 0 saturated carbocycles. The van der Waals surface area contributed by atoms with Crippen LogP contribution in [0.1, 0.15) is 19.7 Å². The summed E-state index contributed by atoms with van der Waals surface area (Å²) < 4.78 is 5.23. The fourth-order valence-electron chi connectivity index (χ4n) is 1.24. The number of primary amides is 1. The zero-order valence-electron chi connectivity index (χ0n) is 9.43. The van der Waals surface area contributed by atoms with Gasteiger partial charge in [-0.1, -0.05) is 18.9 Å². The lowest BCUT2D eigenvalue weighted by atomic mass is 10.0. The van der Waals surface area contributed by atoms with E-state index in [1.807, 2.05) is 13.8 Å². The monoisotopic (exact) mass is 227 g/mol. The Morgan fingerprint density at radius 3 is 2.69 bits per heavy atom. The van der Waals surface area contributed by atoms with Crippen molar-refractivity contribution in [2.24, 2.45) is 17.4 Å². The molecule has 90 valence electrons. The molecule has 0 radical (unpaired) electrons. The number of hydrogen-bond donors (Lipinski definition) is 3. The third kappa shape index (κ3) is 3.20. The number of carbonyl (C=O) groups excluding carboxylic acids is 1. The Balaban J connectivity index is 2.66. The van der Waals surface area contributed by atoms with E-state index in [4.69, 9.17) is 15.9 Å². The van der Waals surface area contributed by atoms with E-state index in [-0.39, 0.29) is 11.9 Å². The van der Waals surface area contributed by atoms with Crippen molar-refractivity contribution in [2.45, 2.75) is 26.3 Å². The fraction of sp³-hybridized carbons (Fsp3) is 0.667. The maximum absolute atomic E-state index is 11.1. The van der Waals surface area contributed by atoms with Crippen molar-refractivity contribution in [1.29, 1.82) is 0 Å². The van der Waals surface area contributed by atoms with Gasteiger partial charge in [0.25, 0.3) is 0 Å². The molecule has 1 aromatic rings. The molecule has 0 aliphatic heterocycles. The van der Waals surface area contributed by atoms with Crippen molar-refractivity contribution in [1.82, 2.24) is 10.2 Å². The topological polar surface area (TPSA) is 120 Å². The van der Waals surface area contributed by atoms with Crippen molar-refractivity contribution in [2.75, 3.05) is 11.9 Å². The molecule has 16 heavy (non-hydrogen) atoms. The first-order valence-electron chi connectivity index (χ1n) is 5.13. The molecule has 1 amide bonds. The second kappa shape index (κ2) is 5.45. The van der Waals surface area contributed by atoms with E-state index >= 15 is 0 Å². The van der Waals surface area contributed by atoms with Gasteiger partial charge in [-0.25, -0.2) is 0 Å². The van der Waals surface area contributed by atoms with Gasteiger partial charge in [-0.2, -0.15) is 0 Å². The van der Waals surface area contributed by atoms with Gasteiger partial charge in [-0.05, 0) is 5.92 Å². The van der Waals surface area contributed by atoms with Crippen LogP contribution < -0.4 is 16.8 Å². The molecule has 0 fully saturated rings. The average molecular weight is 227 g/mol. The molecule has 1 aromatic heterocycles. The van der Waals surface area contributed by atoms with Gasteiger partial charge in [0.1, 0.15) is 6.04 Å². The molecule has 0 aliphatic carbocycles. The van der Waals surface area contributed by atoms with Crippen molar-refractivity contribution < 1.29 is 9.21 Å². The Morgan fingerprint density at radius 1 is 1.50 bits per heavy atom. The highest BCUT2D eigenvalue weighted by Gasteiger charge is 2.21. The molecule has 0 aromatic carbocycles. The van der Waals surface area contributed by atoms with E-state index in [9.17, 15) is 4.79 Å². The molecule has 5 N–H and O–H groups in total. The molecule has 1 unspecified atom stereocenters. The van der Waals surface area contributed by atoms with Gasteiger partial charge in [0.2, 0.25) is 11.8 Å². The number of anilines is 1. The van der Waals surface area contributed by atoms with E-state index in [2.05, 4.69) is 15.5 Å². The second-order valence-corrected chi connectivity index (χ2v) is 3.81. The number of nitrogens with two attached hydrogens (primary N) is 2. The van der Waals surface area contributed by atoms with Gasteiger partial charge >= 0.3 is 6.01 Å². The summed E-state index contributed by atoms with van der Waals surface area (Å²) in [5.74, 6) is 0.0351. The number of hydrogen-bond acceptors (Lipinski definition) is 6. The molecule has 1 rings (SSSR count). The molecule has 0 bridgehead atoms. The summed E-state index contributed by atoms with van der Waals surface area (Å²) in [5.41, 5.74) is 10.6. The normalized spacial score (nSPS) is 12.8. The SMILES string of the molecule is CC(C)C(Nc1nnc(CCN)o1)C(N)=O. The predicted molar refractivity (Wildman–Crippen MR) is 58.5 cm³/mol. The van der Waals surface area contributed by atoms with Gasteiger partial charge < -0.3 is 21.2 Å². The van der Waals surface area contributed by atoms with Crippen LogP contribution in [0, 0.1) is 5.92 Å². The Labute approximate surface area is 93.6 Å². The van der Waals surface area contributed by atoms with Crippen LogP contribution in [0.15, 0.2) is 4.42 Å². The summed E-state index contributed by atoms with van der Waals surface area (Å²) >= 11 is 0. The first kappa shape index (κ1) is 12.4. The maximum atomic E-state index is 11.1. The summed E-state index contributed by atoms with van der Waals surface area (Å²) in [5, 5.41) is 10.3. The minimum absolute atomic E-state index is 0.0439.